The average molecular weight is 327 g/mol. The fourth-order valence-electron chi connectivity index (χ4n) is 2.25. The largest absolute Gasteiger partial charge is 0.351 e. The molecule has 0 spiro atoms. The van der Waals surface area contributed by atoms with Crippen LogP contribution >= 0.6 is 0 Å². The molecule has 6 heteroatoms. The Morgan fingerprint density at radius 1 is 1.17 bits per heavy atom. The van der Waals surface area contributed by atoms with Gasteiger partial charge in [-0.2, -0.15) is 0 Å². The van der Waals surface area contributed by atoms with Gasteiger partial charge in [-0.25, -0.2) is 9.97 Å². The first-order chi connectivity index (χ1) is 11.5. The molecule has 6 nitrogen and oxygen atoms in total. The normalized spacial score (nSPS) is 10.7. The number of carbonyl (C=O) groups excluding carboxylic acids is 1. The number of carbonyl (C=O) groups is 1. The Balaban J connectivity index is 2.00. The first kappa shape index (κ1) is 17.9. The van der Waals surface area contributed by atoms with E-state index in [4.69, 9.17) is 0 Å². The molecule has 128 valence electrons. The number of nitrogens with one attached hydrogen (secondary N) is 2. The zero-order valence-corrected chi connectivity index (χ0v) is 14.8. The standard InChI is InChI=1S/C18H25N5O/c1-13-6-7-14(2)15(10-13)22-17-11-16(20-12-21-17)18(24)19-8-5-9-23(3)4/h6-7,10-12H,5,8-9H2,1-4H3,(H,19,24)(H,20,21,22). The van der Waals surface area contributed by atoms with Gasteiger partial charge in [-0.3, -0.25) is 4.79 Å². The van der Waals surface area contributed by atoms with Gasteiger partial charge in [0.05, 0.1) is 0 Å². The molecule has 0 aliphatic carbocycles. The highest BCUT2D eigenvalue weighted by Gasteiger charge is 2.09. The second-order valence-corrected chi connectivity index (χ2v) is 6.14. The third-order valence-electron chi connectivity index (χ3n) is 3.62. The number of hydrogen-bond donors (Lipinski definition) is 2. The highest BCUT2D eigenvalue weighted by molar-refractivity contribution is 5.92. The molecule has 2 rings (SSSR count). The summed E-state index contributed by atoms with van der Waals surface area (Å²) in [6.45, 7) is 5.63. The van der Waals surface area contributed by atoms with Gasteiger partial charge < -0.3 is 15.5 Å². The van der Waals surface area contributed by atoms with E-state index < -0.39 is 0 Å². The van der Waals surface area contributed by atoms with Crippen LogP contribution in [0, 0.1) is 13.8 Å². The predicted molar refractivity (Wildman–Crippen MR) is 96.7 cm³/mol. The molecule has 24 heavy (non-hydrogen) atoms. The molecule has 1 heterocycles. The molecule has 1 aromatic carbocycles. The summed E-state index contributed by atoms with van der Waals surface area (Å²) in [5.74, 6) is 0.428. The van der Waals surface area contributed by atoms with Crippen LogP contribution in [0.1, 0.15) is 28.0 Å². The minimum absolute atomic E-state index is 0.180. The Hall–Kier alpha value is -2.47. The first-order valence-electron chi connectivity index (χ1n) is 8.05. The number of anilines is 2. The first-order valence-corrected chi connectivity index (χ1v) is 8.05. The van der Waals surface area contributed by atoms with Gasteiger partial charge >= 0.3 is 0 Å². The predicted octanol–water partition coefficient (Wildman–Crippen LogP) is 2.52. The highest BCUT2D eigenvalue weighted by Crippen LogP contribution is 2.20. The van der Waals surface area contributed by atoms with E-state index in [9.17, 15) is 4.79 Å². The second kappa shape index (κ2) is 8.40. The number of hydrogen-bond acceptors (Lipinski definition) is 5. The molecule has 1 aromatic heterocycles. The van der Waals surface area contributed by atoms with Gasteiger partial charge in [0.1, 0.15) is 17.8 Å². The van der Waals surface area contributed by atoms with E-state index >= 15 is 0 Å². The fourth-order valence-corrected chi connectivity index (χ4v) is 2.25. The Bertz CT molecular complexity index is 700. The highest BCUT2D eigenvalue weighted by atomic mass is 16.1. The molecule has 0 saturated carbocycles. The third kappa shape index (κ3) is 5.31. The Morgan fingerprint density at radius 2 is 1.96 bits per heavy atom. The van der Waals surface area contributed by atoms with Crippen LogP contribution in [0.15, 0.2) is 30.6 Å². The summed E-state index contributed by atoms with van der Waals surface area (Å²) in [6.07, 6.45) is 2.31. The van der Waals surface area contributed by atoms with Crippen molar-refractivity contribution in [3.05, 3.63) is 47.4 Å². The van der Waals surface area contributed by atoms with E-state index in [1.165, 1.54) is 6.33 Å². The van der Waals surface area contributed by atoms with Crippen molar-refractivity contribution in [1.29, 1.82) is 0 Å². The molecule has 0 radical (unpaired) electrons. The second-order valence-electron chi connectivity index (χ2n) is 6.14. The molecular weight excluding hydrogens is 302 g/mol. The van der Waals surface area contributed by atoms with Crippen molar-refractivity contribution in [2.45, 2.75) is 20.3 Å². The molecule has 0 unspecified atom stereocenters. The summed E-state index contributed by atoms with van der Waals surface area (Å²) in [7, 11) is 4.02. The SMILES string of the molecule is Cc1ccc(C)c(Nc2cc(C(=O)NCCCN(C)C)ncn2)c1. The lowest BCUT2D eigenvalue weighted by atomic mass is 10.1. The van der Waals surface area contributed by atoms with E-state index in [1.807, 2.05) is 27.9 Å². The minimum Gasteiger partial charge on any atom is -0.351 e. The molecule has 0 fully saturated rings. The van der Waals surface area contributed by atoms with Crippen LogP contribution in [-0.4, -0.2) is 48.0 Å². The lowest BCUT2D eigenvalue weighted by molar-refractivity contribution is 0.0947. The minimum atomic E-state index is -0.180. The van der Waals surface area contributed by atoms with Crippen LogP contribution in [0.25, 0.3) is 0 Å². The Labute approximate surface area is 143 Å². The summed E-state index contributed by atoms with van der Waals surface area (Å²) in [5.41, 5.74) is 3.62. The Morgan fingerprint density at radius 3 is 2.71 bits per heavy atom. The van der Waals surface area contributed by atoms with Crippen molar-refractivity contribution in [3.63, 3.8) is 0 Å². The van der Waals surface area contributed by atoms with Crippen molar-refractivity contribution >= 4 is 17.4 Å². The molecule has 0 aliphatic rings. The lowest BCUT2D eigenvalue weighted by Gasteiger charge is -2.11. The zero-order chi connectivity index (χ0) is 17.5. The smallest absolute Gasteiger partial charge is 0.270 e. The van der Waals surface area contributed by atoms with Crippen LogP contribution in [0.2, 0.25) is 0 Å². The van der Waals surface area contributed by atoms with E-state index in [1.54, 1.807) is 6.07 Å². The van der Waals surface area contributed by atoms with Crippen molar-refractivity contribution in [3.8, 4) is 0 Å². The molecule has 0 saturated heterocycles. The summed E-state index contributed by atoms with van der Waals surface area (Å²) in [6, 6.07) is 7.84. The van der Waals surface area contributed by atoms with Crippen molar-refractivity contribution in [2.24, 2.45) is 0 Å². The van der Waals surface area contributed by atoms with Crippen molar-refractivity contribution in [1.82, 2.24) is 20.2 Å². The number of aromatic nitrogens is 2. The third-order valence-corrected chi connectivity index (χ3v) is 3.62. The van der Waals surface area contributed by atoms with Crippen molar-refractivity contribution < 1.29 is 4.79 Å². The van der Waals surface area contributed by atoms with Crippen LogP contribution in [-0.2, 0) is 0 Å². The number of aryl methyl sites for hydroxylation is 2. The van der Waals surface area contributed by atoms with Gasteiger partial charge in [0.15, 0.2) is 0 Å². The maximum atomic E-state index is 12.2. The molecular formula is C18H25N5O. The quantitative estimate of drug-likeness (QED) is 0.765. The molecule has 2 aromatic rings. The van der Waals surface area contributed by atoms with Gasteiger partial charge in [-0.1, -0.05) is 12.1 Å². The van der Waals surface area contributed by atoms with Gasteiger partial charge in [-0.05, 0) is 58.1 Å². The summed E-state index contributed by atoms with van der Waals surface area (Å²) < 4.78 is 0. The topological polar surface area (TPSA) is 70.2 Å². The monoisotopic (exact) mass is 327 g/mol. The zero-order valence-electron chi connectivity index (χ0n) is 14.8. The number of nitrogens with zero attached hydrogens (tertiary/aromatic N) is 3. The van der Waals surface area contributed by atoms with Crippen molar-refractivity contribution in [2.75, 3.05) is 32.5 Å². The maximum absolute atomic E-state index is 12.2. The molecule has 0 aliphatic heterocycles. The summed E-state index contributed by atoms with van der Waals surface area (Å²) in [5, 5.41) is 6.13. The van der Waals surface area contributed by atoms with E-state index in [0.29, 0.717) is 18.1 Å². The number of benzene rings is 1. The van der Waals surface area contributed by atoms with Gasteiger partial charge in [-0.15, -0.1) is 0 Å². The van der Waals surface area contributed by atoms with Gasteiger partial charge in [0.2, 0.25) is 0 Å². The van der Waals surface area contributed by atoms with Crippen LogP contribution in [0.5, 0.6) is 0 Å². The van der Waals surface area contributed by atoms with Crippen LogP contribution in [0.3, 0.4) is 0 Å². The average Bonchev–Trinajstić information content (AvgIpc) is 2.55. The summed E-state index contributed by atoms with van der Waals surface area (Å²) >= 11 is 0. The van der Waals surface area contributed by atoms with Crippen LogP contribution in [0.4, 0.5) is 11.5 Å². The summed E-state index contributed by atoms with van der Waals surface area (Å²) in [4.78, 5) is 22.5. The molecule has 0 atom stereocenters. The van der Waals surface area contributed by atoms with E-state index in [-0.39, 0.29) is 5.91 Å². The lowest BCUT2D eigenvalue weighted by Crippen LogP contribution is -2.27. The maximum Gasteiger partial charge on any atom is 0.270 e. The van der Waals surface area contributed by atoms with Gasteiger partial charge in [0, 0.05) is 18.3 Å². The van der Waals surface area contributed by atoms with Crippen LogP contribution < -0.4 is 10.6 Å². The number of rotatable bonds is 7. The van der Waals surface area contributed by atoms with E-state index in [0.717, 1.165) is 29.8 Å². The number of amides is 1. The fraction of sp³-hybridized carbons (Fsp3) is 0.389. The van der Waals surface area contributed by atoms with Gasteiger partial charge in [0.25, 0.3) is 5.91 Å². The molecule has 0 bridgehead atoms. The molecule has 2 N–H and O–H groups in total. The van der Waals surface area contributed by atoms with E-state index in [2.05, 4.69) is 43.7 Å². The molecule has 1 amide bonds. The Kier molecular flexibility index (Phi) is 6.26.